The van der Waals surface area contributed by atoms with Gasteiger partial charge >= 0.3 is 12.1 Å². The number of amides is 1. The Hall–Kier alpha value is -4.21. The SMILES string of the molecule is O=C(O)C(F)(F)F.O=C1C[C@H](c2ccc(C[C@H](Nc3nc4ccccc4s3)c3nc4ccc(Cl)cc4[nH]3)cc2)S(=O)(=O)N1. The first-order chi connectivity index (χ1) is 20.3. The lowest BCUT2D eigenvalue weighted by atomic mass is 10.0. The number of hydrogen-bond acceptors (Lipinski definition) is 8. The number of carboxylic acid groups (broad SMARTS) is 1. The van der Waals surface area contributed by atoms with Crippen LogP contribution >= 0.6 is 22.9 Å². The fourth-order valence-electron chi connectivity index (χ4n) is 4.42. The summed E-state index contributed by atoms with van der Waals surface area (Å²) in [5.41, 5.74) is 4.14. The van der Waals surface area contributed by atoms with Gasteiger partial charge in [0, 0.05) is 5.02 Å². The molecule has 1 fully saturated rings. The number of aliphatic carboxylic acids is 1. The summed E-state index contributed by atoms with van der Waals surface area (Å²) in [7, 11) is -3.68. The molecule has 16 heteroatoms. The smallest absolute Gasteiger partial charge is 0.475 e. The number of para-hydroxylation sites is 1. The summed E-state index contributed by atoms with van der Waals surface area (Å²) in [5.74, 6) is -2.49. The number of nitrogens with zero attached hydrogens (tertiary/aromatic N) is 2. The normalized spacial score (nSPS) is 16.8. The Morgan fingerprint density at radius 1 is 1.09 bits per heavy atom. The molecule has 1 saturated heterocycles. The Balaban J connectivity index is 0.000000472. The number of halogens is 4. The van der Waals surface area contributed by atoms with Crippen molar-refractivity contribution in [2.75, 3.05) is 5.32 Å². The number of aromatic amines is 1. The summed E-state index contributed by atoms with van der Waals surface area (Å²) < 4.78 is 59.4. The van der Waals surface area contributed by atoms with Gasteiger partial charge in [-0.05, 0) is 47.9 Å². The fourth-order valence-corrected chi connectivity index (χ4v) is 6.94. The van der Waals surface area contributed by atoms with E-state index in [0.717, 1.165) is 37.8 Å². The number of carboxylic acids is 1. The van der Waals surface area contributed by atoms with Crippen LogP contribution in [0.3, 0.4) is 0 Å². The first kappa shape index (κ1) is 30.3. The number of thiazole rings is 1. The monoisotopic (exact) mass is 651 g/mol. The second kappa shape index (κ2) is 11.8. The molecule has 6 rings (SSSR count). The van der Waals surface area contributed by atoms with Crippen molar-refractivity contribution in [3.8, 4) is 0 Å². The molecule has 2 aromatic heterocycles. The second-order valence-corrected chi connectivity index (χ2v) is 12.8. The van der Waals surface area contributed by atoms with E-state index in [1.807, 2.05) is 48.5 Å². The average molecular weight is 652 g/mol. The van der Waals surface area contributed by atoms with Gasteiger partial charge in [0.2, 0.25) is 15.9 Å². The molecular weight excluding hydrogens is 631 g/mol. The molecule has 0 radical (unpaired) electrons. The number of aromatic nitrogens is 3. The van der Waals surface area contributed by atoms with Gasteiger partial charge in [-0.15, -0.1) is 0 Å². The zero-order valence-corrected chi connectivity index (χ0v) is 24.1. The van der Waals surface area contributed by atoms with E-state index in [2.05, 4.69) is 15.0 Å². The molecule has 0 aliphatic carbocycles. The topological polar surface area (TPSA) is 154 Å². The number of nitrogens with one attached hydrogen (secondary N) is 3. The lowest BCUT2D eigenvalue weighted by Gasteiger charge is -2.17. The number of sulfonamides is 1. The number of carbonyl (C=O) groups is 2. The molecule has 43 heavy (non-hydrogen) atoms. The molecule has 1 aliphatic rings. The Morgan fingerprint density at radius 2 is 1.79 bits per heavy atom. The van der Waals surface area contributed by atoms with Crippen molar-refractivity contribution in [2.24, 2.45) is 0 Å². The molecule has 0 spiro atoms. The molecule has 0 saturated carbocycles. The largest absolute Gasteiger partial charge is 0.490 e. The molecule has 4 N–H and O–H groups in total. The van der Waals surface area contributed by atoms with Gasteiger partial charge in [-0.1, -0.05) is 59.3 Å². The quantitative estimate of drug-likeness (QED) is 0.181. The lowest BCUT2D eigenvalue weighted by Crippen LogP contribution is -2.21. The molecule has 1 amide bonds. The van der Waals surface area contributed by atoms with Gasteiger partial charge in [0.15, 0.2) is 5.13 Å². The highest BCUT2D eigenvalue weighted by atomic mass is 35.5. The third-order valence-electron chi connectivity index (χ3n) is 6.42. The Morgan fingerprint density at radius 3 is 2.42 bits per heavy atom. The van der Waals surface area contributed by atoms with Crippen LogP contribution in [0, 0.1) is 0 Å². The van der Waals surface area contributed by atoms with Crippen LogP contribution < -0.4 is 10.0 Å². The van der Waals surface area contributed by atoms with E-state index < -0.39 is 33.3 Å². The first-order valence-electron chi connectivity index (χ1n) is 12.5. The Bertz CT molecular complexity index is 1890. The summed E-state index contributed by atoms with van der Waals surface area (Å²) in [4.78, 5) is 33.4. The van der Waals surface area contributed by atoms with Crippen molar-refractivity contribution in [3.05, 3.63) is 88.7 Å². The third kappa shape index (κ3) is 7.06. The van der Waals surface area contributed by atoms with Crippen LogP contribution in [0.15, 0.2) is 66.7 Å². The van der Waals surface area contributed by atoms with E-state index in [1.165, 1.54) is 0 Å². The van der Waals surface area contributed by atoms with Crippen LogP contribution in [0.4, 0.5) is 18.3 Å². The van der Waals surface area contributed by atoms with E-state index in [9.17, 15) is 26.4 Å². The van der Waals surface area contributed by atoms with Gasteiger partial charge < -0.3 is 15.4 Å². The number of anilines is 1. The standard InChI is InChI=1S/C25H20ClN5O3S2.C2HF3O2/c26-16-9-10-17-19(12-16)28-24(27-17)20(30-25-29-18-3-1-2-4-21(18)35-25)11-14-5-7-15(8-6-14)22-13-23(32)31-36(22,33)34;3-2(4,5)1(6)7/h1-10,12,20,22H,11,13H2,(H,27,28)(H,29,30)(H,31,32);(H,6,7)/t20-,22+;/m0./s1. The van der Waals surface area contributed by atoms with Gasteiger partial charge in [-0.3, -0.25) is 9.52 Å². The van der Waals surface area contributed by atoms with E-state index in [4.69, 9.17) is 31.5 Å². The van der Waals surface area contributed by atoms with Gasteiger partial charge in [-0.25, -0.2) is 23.2 Å². The highest BCUT2D eigenvalue weighted by Gasteiger charge is 2.38. The summed E-state index contributed by atoms with van der Waals surface area (Å²) in [5, 5.41) is 11.2. The van der Waals surface area contributed by atoms with Crippen LogP contribution in [0.25, 0.3) is 21.3 Å². The van der Waals surface area contributed by atoms with Gasteiger partial charge in [0.1, 0.15) is 11.1 Å². The van der Waals surface area contributed by atoms with Crippen molar-refractivity contribution in [1.29, 1.82) is 0 Å². The second-order valence-electron chi connectivity index (χ2n) is 9.48. The highest BCUT2D eigenvalue weighted by molar-refractivity contribution is 7.90. The van der Waals surface area contributed by atoms with Crippen LogP contribution in [0.2, 0.25) is 5.02 Å². The summed E-state index contributed by atoms with van der Waals surface area (Å²) in [6.07, 6.45) is -4.58. The van der Waals surface area contributed by atoms with E-state index in [0.29, 0.717) is 17.0 Å². The molecular formula is C27H21ClF3N5O5S2. The predicted molar refractivity (Wildman–Crippen MR) is 155 cm³/mol. The summed E-state index contributed by atoms with van der Waals surface area (Å²) in [6, 6.07) is 20.6. The van der Waals surface area contributed by atoms with Crippen molar-refractivity contribution >= 4 is 71.2 Å². The molecule has 1 aliphatic heterocycles. The minimum atomic E-state index is -5.08. The number of rotatable bonds is 6. The van der Waals surface area contributed by atoms with Crippen LogP contribution in [0.5, 0.6) is 0 Å². The Labute approximate surface area is 251 Å². The minimum absolute atomic E-state index is 0.0645. The van der Waals surface area contributed by atoms with Crippen LogP contribution in [-0.4, -0.2) is 46.5 Å². The summed E-state index contributed by atoms with van der Waals surface area (Å²) in [6.45, 7) is 0. The molecule has 0 bridgehead atoms. The summed E-state index contributed by atoms with van der Waals surface area (Å²) >= 11 is 7.74. The van der Waals surface area contributed by atoms with Crippen molar-refractivity contribution in [1.82, 2.24) is 19.7 Å². The van der Waals surface area contributed by atoms with Gasteiger partial charge in [-0.2, -0.15) is 13.2 Å². The molecule has 224 valence electrons. The van der Waals surface area contributed by atoms with Crippen molar-refractivity contribution in [2.45, 2.75) is 30.3 Å². The third-order valence-corrected chi connectivity index (χ3v) is 9.32. The number of hydrogen-bond donors (Lipinski definition) is 4. The van der Waals surface area contributed by atoms with Crippen molar-refractivity contribution < 1.29 is 36.3 Å². The number of fused-ring (bicyclic) bond motifs is 2. The number of imidazole rings is 1. The van der Waals surface area contributed by atoms with Gasteiger partial charge in [0.05, 0.1) is 33.7 Å². The number of alkyl halides is 3. The zero-order chi connectivity index (χ0) is 30.9. The molecule has 2 atom stereocenters. The fraction of sp³-hybridized carbons (Fsp3) is 0.185. The maximum atomic E-state index is 12.2. The highest BCUT2D eigenvalue weighted by Crippen LogP contribution is 2.33. The average Bonchev–Trinajstić information content (AvgIpc) is 3.62. The predicted octanol–water partition coefficient (Wildman–Crippen LogP) is 5.75. The minimum Gasteiger partial charge on any atom is -0.475 e. The Kier molecular flexibility index (Phi) is 8.31. The molecule has 3 heterocycles. The first-order valence-corrected chi connectivity index (χ1v) is 15.2. The molecule has 0 unspecified atom stereocenters. The maximum absolute atomic E-state index is 12.2. The van der Waals surface area contributed by atoms with Crippen LogP contribution in [0.1, 0.15) is 34.7 Å². The number of carbonyl (C=O) groups excluding carboxylic acids is 1. The zero-order valence-electron chi connectivity index (χ0n) is 21.7. The number of benzene rings is 3. The number of H-pyrrole nitrogens is 1. The van der Waals surface area contributed by atoms with E-state index >= 15 is 0 Å². The molecule has 5 aromatic rings. The van der Waals surface area contributed by atoms with Crippen LogP contribution in [-0.2, 0) is 26.0 Å². The molecule has 10 nitrogen and oxygen atoms in total. The van der Waals surface area contributed by atoms with E-state index in [1.54, 1.807) is 29.5 Å². The lowest BCUT2D eigenvalue weighted by molar-refractivity contribution is -0.192. The molecule has 3 aromatic carbocycles. The van der Waals surface area contributed by atoms with Crippen molar-refractivity contribution in [3.63, 3.8) is 0 Å². The van der Waals surface area contributed by atoms with E-state index in [-0.39, 0.29) is 12.5 Å². The van der Waals surface area contributed by atoms with Gasteiger partial charge in [0.25, 0.3) is 0 Å². The maximum Gasteiger partial charge on any atom is 0.490 e.